The number of rotatable bonds is 7. The standard InChI is InChI=1S/C31H24N2P2.2ClH.Pt/c32-25-26-15-13-14-24-31(26)33(34(27-16-5-1-6-17-27)28-18-7-2-8-19-28)35(29-20-9-3-10-21-29)30-22-11-4-12-23-30;;;/h1-24H;2*1H;/q;;;+2. The summed E-state index contributed by atoms with van der Waals surface area (Å²) in [7, 11) is 6.77. The number of para-hydroxylation sites is 1. The Hall–Kier alpha value is -2.48. The maximum absolute atomic E-state index is 10.2. The van der Waals surface area contributed by atoms with Gasteiger partial charge < -0.3 is 0 Å². The van der Waals surface area contributed by atoms with Gasteiger partial charge in [0.15, 0.2) is 16.1 Å². The van der Waals surface area contributed by atoms with Gasteiger partial charge in [-0.2, -0.15) is 5.26 Å². The van der Waals surface area contributed by atoms with Crippen LogP contribution in [-0.4, -0.2) is 0 Å². The Kier molecular flexibility index (Phi) is 11.4. The zero-order chi connectivity index (χ0) is 26.6. The molecule has 5 aromatic carbocycles. The van der Waals surface area contributed by atoms with Gasteiger partial charge >= 0.3 is 35.3 Å². The third-order valence-corrected chi connectivity index (χ3v) is 12.1. The topological polar surface area (TPSA) is 27.0 Å². The number of nitriles is 1. The van der Waals surface area contributed by atoms with Gasteiger partial charge in [-0.05, 0) is 60.7 Å². The Morgan fingerprint density at radius 3 is 1.11 bits per heavy atom. The number of hydrogen-bond acceptors (Lipinski definition) is 2. The minimum atomic E-state index is -1.49. The summed E-state index contributed by atoms with van der Waals surface area (Å²) < 4.78 is 2.61. The van der Waals surface area contributed by atoms with Crippen molar-refractivity contribution in [1.29, 1.82) is 5.26 Å². The summed E-state index contributed by atoms with van der Waals surface area (Å²) in [6.07, 6.45) is 0. The zero-order valence-electron chi connectivity index (χ0n) is 20.3. The molecule has 38 heavy (non-hydrogen) atoms. The molecular formula is C31H26Cl2N2P2Pt+2. The van der Waals surface area contributed by atoms with Crippen molar-refractivity contribution in [2.24, 2.45) is 0 Å². The predicted molar refractivity (Wildman–Crippen MR) is 166 cm³/mol. The molecule has 0 radical (unpaired) electrons. The van der Waals surface area contributed by atoms with Crippen molar-refractivity contribution in [3.63, 3.8) is 0 Å². The van der Waals surface area contributed by atoms with Crippen LogP contribution in [0, 0.1) is 11.3 Å². The van der Waals surface area contributed by atoms with Gasteiger partial charge in [-0.25, -0.2) is 0 Å². The normalized spacial score (nSPS) is 10.5. The Balaban J connectivity index is 0.00000107. The van der Waals surface area contributed by atoms with E-state index >= 15 is 0 Å². The summed E-state index contributed by atoms with van der Waals surface area (Å²) in [5, 5.41) is 15.3. The van der Waals surface area contributed by atoms with Gasteiger partial charge in [0.1, 0.15) is 33.0 Å². The van der Waals surface area contributed by atoms with Crippen LogP contribution in [0.25, 0.3) is 0 Å². The van der Waals surface area contributed by atoms with Gasteiger partial charge in [0, 0.05) is 0 Å². The molecule has 7 heteroatoms. The fraction of sp³-hybridized carbons (Fsp3) is 0. The number of hydrogen-bond donors (Lipinski definition) is 0. The van der Waals surface area contributed by atoms with E-state index in [1.54, 1.807) is 0 Å². The summed E-state index contributed by atoms with van der Waals surface area (Å²) in [5.74, 6) is 0. The van der Waals surface area contributed by atoms with Crippen LogP contribution in [0.3, 0.4) is 0 Å². The van der Waals surface area contributed by atoms with Crippen LogP contribution in [0.5, 0.6) is 0 Å². The van der Waals surface area contributed by atoms with Gasteiger partial charge in [-0.3, -0.25) is 0 Å². The van der Waals surface area contributed by atoms with Crippen molar-refractivity contribution in [1.82, 2.24) is 0 Å². The Morgan fingerprint density at radius 2 is 0.789 bits per heavy atom. The van der Waals surface area contributed by atoms with Crippen molar-refractivity contribution >= 4 is 61.9 Å². The number of benzene rings is 5. The summed E-state index contributed by atoms with van der Waals surface area (Å²) in [5.41, 5.74) is 1.70. The minimum absolute atomic E-state index is 0.472. The molecule has 0 fully saturated rings. The molecule has 0 aromatic heterocycles. The second-order valence-corrected chi connectivity index (χ2v) is 16.5. The van der Waals surface area contributed by atoms with E-state index in [0.717, 1.165) is 5.69 Å². The molecule has 0 heterocycles. The van der Waals surface area contributed by atoms with Crippen molar-refractivity contribution in [2.45, 2.75) is 0 Å². The number of anilines is 1. The van der Waals surface area contributed by atoms with Gasteiger partial charge in [-0.15, -0.1) is 4.44 Å². The third-order valence-electron chi connectivity index (χ3n) is 5.90. The molecule has 0 saturated heterocycles. The van der Waals surface area contributed by atoms with Crippen molar-refractivity contribution < 1.29 is 16.5 Å². The van der Waals surface area contributed by atoms with Crippen LogP contribution in [0.1, 0.15) is 5.56 Å². The molecule has 5 rings (SSSR count). The van der Waals surface area contributed by atoms with Crippen LogP contribution >= 0.6 is 35.0 Å². The van der Waals surface area contributed by atoms with Crippen LogP contribution in [0.15, 0.2) is 146 Å². The molecular weight excluding hydrogens is 728 g/mol. The van der Waals surface area contributed by atoms with E-state index in [9.17, 15) is 5.26 Å². The molecule has 0 N–H and O–H groups in total. The van der Waals surface area contributed by atoms with E-state index in [1.807, 2.05) is 18.2 Å². The summed E-state index contributed by atoms with van der Waals surface area (Å²) in [6.45, 7) is 0. The van der Waals surface area contributed by atoms with Gasteiger partial charge in [0.25, 0.3) is 0 Å². The molecule has 2 nitrogen and oxygen atoms in total. The van der Waals surface area contributed by atoms with E-state index in [4.69, 9.17) is 18.8 Å². The van der Waals surface area contributed by atoms with Crippen LogP contribution in [0.4, 0.5) is 5.69 Å². The monoisotopic (exact) mass is 753 g/mol. The first kappa shape index (κ1) is 28.5. The van der Waals surface area contributed by atoms with E-state index in [1.165, 1.54) is 21.2 Å². The molecule has 0 saturated carbocycles. The Labute approximate surface area is 243 Å². The molecule has 0 bridgehead atoms. The number of nitrogens with zero attached hydrogens (tertiary/aromatic N) is 2. The predicted octanol–water partition coefficient (Wildman–Crippen LogP) is 7.30. The fourth-order valence-electron chi connectivity index (χ4n) is 4.35. The first-order valence-electron chi connectivity index (χ1n) is 11.9. The summed E-state index contributed by atoms with van der Waals surface area (Å²) in [4.78, 5) is 0. The quantitative estimate of drug-likeness (QED) is 0.163. The van der Waals surface area contributed by atoms with E-state index in [-0.39, 0.29) is 0 Å². The van der Waals surface area contributed by atoms with Crippen molar-refractivity contribution in [3.05, 3.63) is 151 Å². The van der Waals surface area contributed by atoms with Gasteiger partial charge in [0.05, 0.1) is 5.56 Å². The molecule has 0 aliphatic carbocycles. The Morgan fingerprint density at radius 1 is 0.500 bits per heavy atom. The van der Waals surface area contributed by atoms with E-state index < -0.39 is 32.6 Å². The van der Waals surface area contributed by atoms with E-state index in [2.05, 4.69) is 138 Å². The third kappa shape index (κ3) is 7.13. The molecule has 0 aliphatic rings. The van der Waals surface area contributed by atoms with Crippen LogP contribution in [-0.2, 0) is 16.5 Å². The van der Waals surface area contributed by atoms with Crippen LogP contribution in [0.2, 0.25) is 0 Å². The molecule has 0 aliphatic heterocycles. The average molecular weight is 754 g/mol. The molecule has 0 amide bonds. The maximum atomic E-state index is 10.2. The van der Waals surface area contributed by atoms with Crippen molar-refractivity contribution in [2.75, 3.05) is 4.44 Å². The average Bonchev–Trinajstić information content (AvgIpc) is 2.99. The first-order chi connectivity index (χ1) is 18.8. The zero-order valence-corrected chi connectivity index (χ0v) is 26.1. The molecule has 0 atom stereocenters. The molecule has 5 aromatic rings. The Bertz CT molecular complexity index is 1270. The van der Waals surface area contributed by atoms with Gasteiger partial charge in [-0.1, -0.05) is 84.9 Å². The second kappa shape index (κ2) is 15.2. The molecule has 0 unspecified atom stereocenters. The fourth-order valence-corrected chi connectivity index (χ4v) is 11.4. The summed E-state index contributed by atoms with van der Waals surface area (Å²) in [6, 6.07) is 53.7. The molecule has 0 spiro atoms. The summed E-state index contributed by atoms with van der Waals surface area (Å²) >= 11 is -0.472. The van der Waals surface area contributed by atoms with E-state index in [0.29, 0.717) is 5.56 Å². The first-order valence-corrected chi connectivity index (χ1v) is 20.4. The molecule has 192 valence electrons. The van der Waals surface area contributed by atoms with Crippen LogP contribution < -0.4 is 25.7 Å². The van der Waals surface area contributed by atoms with Crippen molar-refractivity contribution in [3.8, 4) is 6.07 Å². The number of halogens is 2. The second-order valence-electron chi connectivity index (χ2n) is 8.17. The SMILES string of the molecule is N#Cc1ccccc1N([PH+](c1ccccc1)c1ccccc1)[PH+](c1ccccc1)c1ccccc1.[Cl][Pt][Cl]. The van der Waals surface area contributed by atoms with Gasteiger partial charge in [0.2, 0.25) is 0 Å².